The molecule has 2 nitrogen and oxygen atoms in total. The van der Waals surface area contributed by atoms with E-state index in [2.05, 4.69) is 73.8 Å². The van der Waals surface area contributed by atoms with E-state index in [0.29, 0.717) is 6.04 Å². The minimum atomic E-state index is -0.0870. The second kappa shape index (κ2) is 6.64. The summed E-state index contributed by atoms with van der Waals surface area (Å²) < 4.78 is 6.51. The molecule has 1 fully saturated rings. The van der Waals surface area contributed by atoms with Crippen LogP contribution >= 0.6 is 0 Å². The van der Waals surface area contributed by atoms with Gasteiger partial charge in [-0.1, -0.05) is 74.5 Å². The van der Waals surface area contributed by atoms with Gasteiger partial charge in [-0.3, -0.25) is 5.32 Å². The monoisotopic (exact) mass is 295 g/mol. The molecule has 1 N–H and O–H groups in total. The normalized spacial score (nSPS) is 23.5. The first-order valence-corrected chi connectivity index (χ1v) is 8.30. The van der Waals surface area contributed by atoms with Gasteiger partial charge in [-0.05, 0) is 30.4 Å². The maximum absolute atomic E-state index is 6.51. The molecule has 1 heterocycles. The molecular formula is C20H25NO. The molecule has 2 aromatic carbocycles. The van der Waals surface area contributed by atoms with Crippen LogP contribution in [0.1, 0.15) is 44.0 Å². The summed E-state index contributed by atoms with van der Waals surface area (Å²) in [6.45, 7) is 4.47. The SMILES string of the molecule is CCC1(CC)O[C@@H](c2ccccc2)N[C@H]1Cc1ccccc1. The zero-order valence-electron chi connectivity index (χ0n) is 13.5. The van der Waals surface area contributed by atoms with Gasteiger partial charge in [-0.25, -0.2) is 0 Å². The summed E-state index contributed by atoms with van der Waals surface area (Å²) in [6, 6.07) is 21.5. The number of hydrogen-bond donors (Lipinski definition) is 1. The summed E-state index contributed by atoms with van der Waals surface area (Å²) in [5.41, 5.74) is 2.49. The number of ether oxygens (including phenoxy) is 1. The lowest BCUT2D eigenvalue weighted by atomic mass is 9.85. The Labute approximate surface area is 133 Å². The molecule has 3 rings (SSSR count). The van der Waals surface area contributed by atoms with Crippen molar-refractivity contribution in [1.29, 1.82) is 0 Å². The Balaban J connectivity index is 1.83. The van der Waals surface area contributed by atoms with Crippen molar-refractivity contribution in [1.82, 2.24) is 5.32 Å². The van der Waals surface area contributed by atoms with Crippen LogP contribution in [0.25, 0.3) is 0 Å². The van der Waals surface area contributed by atoms with E-state index in [0.717, 1.165) is 19.3 Å². The third kappa shape index (κ3) is 2.94. The molecule has 0 bridgehead atoms. The third-order valence-corrected chi connectivity index (χ3v) is 4.92. The van der Waals surface area contributed by atoms with Crippen LogP contribution in [0.3, 0.4) is 0 Å². The quantitative estimate of drug-likeness (QED) is 0.878. The lowest BCUT2D eigenvalue weighted by molar-refractivity contribution is -0.0550. The molecule has 1 aliphatic heterocycles. The van der Waals surface area contributed by atoms with Crippen molar-refractivity contribution in [3.63, 3.8) is 0 Å². The summed E-state index contributed by atoms with van der Waals surface area (Å²) in [5, 5.41) is 3.73. The maximum atomic E-state index is 6.51. The molecule has 22 heavy (non-hydrogen) atoms. The molecule has 0 saturated carbocycles. The minimum Gasteiger partial charge on any atom is -0.351 e. The van der Waals surface area contributed by atoms with E-state index in [4.69, 9.17) is 4.74 Å². The van der Waals surface area contributed by atoms with Crippen LogP contribution in [-0.2, 0) is 11.2 Å². The zero-order chi connectivity index (χ0) is 15.4. The Hall–Kier alpha value is -1.64. The van der Waals surface area contributed by atoms with Gasteiger partial charge in [0.15, 0.2) is 0 Å². The molecule has 0 amide bonds. The van der Waals surface area contributed by atoms with Gasteiger partial charge in [0.1, 0.15) is 6.23 Å². The number of rotatable bonds is 5. The predicted octanol–water partition coefficient (Wildman–Crippen LogP) is 4.48. The molecule has 116 valence electrons. The molecule has 2 atom stereocenters. The summed E-state index contributed by atoms with van der Waals surface area (Å²) in [5.74, 6) is 0. The van der Waals surface area contributed by atoms with Crippen LogP contribution in [-0.4, -0.2) is 11.6 Å². The number of nitrogens with one attached hydrogen (secondary N) is 1. The fraction of sp³-hybridized carbons (Fsp3) is 0.400. The zero-order valence-corrected chi connectivity index (χ0v) is 13.5. The molecule has 0 aromatic heterocycles. The van der Waals surface area contributed by atoms with Crippen molar-refractivity contribution >= 4 is 0 Å². The van der Waals surface area contributed by atoms with E-state index >= 15 is 0 Å². The van der Waals surface area contributed by atoms with Crippen LogP contribution < -0.4 is 5.32 Å². The fourth-order valence-electron chi connectivity index (χ4n) is 3.48. The van der Waals surface area contributed by atoms with E-state index in [1.54, 1.807) is 0 Å². The molecule has 0 aliphatic carbocycles. The smallest absolute Gasteiger partial charge is 0.135 e. The van der Waals surface area contributed by atoms with Crippen LogP contribution in [0, 0.1) is 0 Å². The van der Waals surface area contributed by atoms with Crippen molar-refractivity contribution < 1.29 is 4.74 Å². The van der Waals surface area contributed by atoms with Crippen molar-refractivity contribution in [3.05, 3.63) is 71.8 Å². The molecule has 2 heteroatoms. The Morgan fingerprint density at radius 3 is 2.09 bits per heavy atom. The van der Waals surface area contributed by atoms with Gasteiger partial charge in [-0.2, -0.15) is 0 Å². The Bertz CT molecular complexity index is 577. The molecule has 2 aromatic rings. The molecule has 0 spiro atoms. The largest absolute Gasteiger partial charge is 0.351 e. The average Bonchev–Trinajstić information content (AvgIpc) is 2.96. The fourth-order valence-corrected chi connectivity index (χ4v) is 3.48. The van der Waals surface area contributed by atoms with Crippen LogP contribution in [0.4, 0.5) is 0 Å². The second-order valence-corrected chi connectivity index (χ2v) is 6.09. The predicted molar refractivity (Wildman–Crippen MR) is 90.7 cm³/mol. The van der Waals surface area contributed by atoms with Gasteiger partial charge in [0.2, 0.25) is 0 Å². The van der Waals surface area contributed by atoms with E-state index in [9.17, 15) is 0 Å². The van der Waals surface area contributed by atoms with Crippen molar-refractivity contribution in [2.24, 2.45) is 0 Å². The second-order valence-electron chi connectivity index (χ2n) is 6.09. The number of benzene rings is 2. The average molecular weight is 295 g/mol. The highest BCUT2D eigenvalue weighted by atomic mass is 16.5. The molecule has 1 saturated heterocycles. The first-order chi connectivity index (χ1) is 10.8. The van der Waals surface area contributed by atoms with Gasteiger partial charge in [0.25, 0.3) is 0 Å². The highest BCUT2D eigenvalue weighted by Gasteiger charge is 2.45. The van der Waals surface area contributed by atoms with Crippen molar-refractivity contribution in [2.45, 2.75) is 51.0 Å². The molecule has 0 unspecified atom stereocenters. The summed E-state index contributed by atoms with van der Waals surface area (Å²) in [6.07, 6.45) is 3.05. The van der Waals surface area contributed by atoms with Crippen LogP contribution in [0.5, 0.6) is 0 Å². The first kappa shape index (κ1) is 15.3. The standard InChI is InChI=1S/C20H25NO/c1-3-20(4-2)18(15-16-11-7-5-8-12-16)21-19(22-20)17-13-9-6-10-14-17/h5-14,18-19,21H,3-4,15H2,1-2H3/t18-,19-/m0/s1. The van der Waals surface area contributed by atoms with Gasteiger partial charge in [0, 0.05) is 6.04 Å². The van der Waals surface area contributed by atoms with E-state index < -0.39 is 0 Å². The highest BCUT2D eigenvalue weighted by molar-refractivity contribution is 5.22. The molecule has 0 radical (unpaired) electrons. The van der Waals surface area contributed by atoms with E-state index in [-0.39, 0.29) is 11.8 Å². The van der Waals surface area contributed by atoms with Crippen LogP contribution in [0.15, 0.2) is 60.7 Å². The van der Waals surface area contributed by atoms with Gasteiger partial charge in [-0.15, -0.1) is 0 Å². The van der Waals surface area contributed by atoms with E-state index in [1.165, 1.54) is 11.1 Å². The lowest BCUT2D eigenvalue weighted by Crippen LogP contribution is -2.44. The van der Waals surface area contributed by atoms with Gasteiger partial charge < -0.3 is 4.74 Å². The van der Waals surface area contributed by atoms with Gasteiger partial charge >= 0.3 is 0 Å². The third-order valence-electron chi connectivity index (χ3n) is 4.92. The first-order valence-electron chi connectivity index (χ1n) is 8.30. The van der Waals surface area contributed by atoms with Crippen molar-refractivity contribution in [3.8, 4) is 0 Å². The molecular weight excluding hydrogens is 270 g/mol. The highest BCUT2D eigenvalue weighted by Crippen LogP contribution is 2.39. The molecule has 1 aliphatic rings. The maximum Gasteiger partial charge on any atom is 0.135 e. The van der Waals surface area contributed by atoms with Crippen molar-refractivity contribution in [2.75, 3.05) is 0 Å². The Morgan fingerprint density at radius 1 is 0.909 bits per heavy atom. The minimum absolute atomic E-state index is 0.00480. The Kier molecular flexibility index (Phi) is 4.60. The van der Waals surface area contributed by atoms with Crippen LogP contribution in [0.2, 0.25) is 0 Å². The summed E-state index contributed by atoms with van der Waals surface area (Å²) in [7, 11) is 0. The van der Waals surface area contributed by atoms with Gasteiger partial charge in [0.05, 0.1) is 5.60 Å². The summed E-state index contributed by atoms with van der Waals surface area (Å²) in [4.78, 5) is 0. The van der Waals surface area contributed by atoms with E-state index in [1.807, 2.05) is 6.07 Å². The Morgan fingerprint density at radius 2 is 1.50 bits per heavy atom. The summed E-state index contributed by atoms with van der Waals surface area (Å²) >= 11 is 0. The number of hydrogen-bond acceptors (Lipinski definition) is 2. The topological polar surface area (TPSA) is 21.3 Å². The lowest BCUT2D eigenvalue weighted by Gasteiger charge is -2.32.